The van der Waals surface area contributed by atoms with Crippen LogP contribution in [0.5, 0.6) is 0 Å². The summed E-state index contributed by atoms with van der Waals surface area (Å²) in [6.07, 6.45) is 3.86. The fourth-order valence-corrected chi connectivity index (χ4v) is 2.25. The Kier molecular flexibility index (Phi) is 5.05. The Labute approximate surface area is 91.2 Å². The standard InChI is InChI=1S/C11H22N2O2/c1-2-9(7-14)13-11(15)10-5-3-4-8(10)6-12/h8-10,14H,2-7,12H2,1H3,(H,13,15)/t8?,9-,10?/m0/s1. The van der Waals surface area contributed by atoms with Gasteiger partial charge in [0.1, 0.15) is 0 Å². The largest absolute Gasteiger partial charge is 0.394 e. The first-order valence-electron chi connectivity index (χ1n) is 5.84. The van der Waals surface area contributed by atoms with E-state index in [1.54, 1.807) is 0 Å². The summed E-state index contributed by atoms with van der Waals surface area (Å²) < 4.78 is 0. The lowest BCUT2D eigenvalue weighted by atomic mass is 9.95. The third kappa shape index (κ3) is 3.18. The van der Waals surface area contributed by atoms with Gasteiger partial charge in [0.05, 0.1) is 12.6 Å². The molecule has 0 bridgehead atoms. The minimum absolute atomic E-state index is 0.0161. The second-order valence-electron chi connectivity index (χ2n) is 4.33. The average Bonchev–Trinajstić information content (AvgIpc) is 2.73. The lowest BCUT2D eigenvalue weighted by molar-refractivity contribution is -0.127. The highest BCUT2D eigenvalue weighted by molar-refractivity contribution is 5.79. The first-order valence-corrected chi connectivity index (χ1v) is 5.84. The fourth-order valence-electron chi connectivity index (χ4n) is 2.25. The lowest BCUT2D eigenvalue weighted by Crippen LogP contribution is -2.42. The Morgan fingerprint density at radius 1 is 1.60 bits per heavy atom. The summed E-state index contributed by atoms with van der Waals surface area (Å²) in [6.45, 7) is 2.56. The van der Waals surface area contributed by atoms with Crippen molar-refractivity contribution in [2.75, 3.05) is 13.2 Å². The van der Waals surface area contributed by atoms with Crippen molar-refractivity contribution in [2.24, 2.45) is 17.6 Å². The van der Waals surface area contributed by atoms with Gasteiger partial charge in [-0.15, -0.1) is 0 Å². The van der Waals surface area contributed by atoms with Crippen molar-refractivity contribution in [2.45, 2.75) is 38.6 Å². The molecule has 15 heavy (non-hydrogen) atoms. The van der Waals surface area contributed by atoms with Crippen LogP contribution in [-0.4, -0.2) is 30.2 Å². The van der Waals surface area contributed by atoms with Gasteiger partial charge in [-0.05, 0) is 31.7 Å². The smallest absolute Gasteiger partial charge is 0.223 e. The Morgan fingerprint density at radius 2 is 2.33 bits per heavy atom. The maximum absolute atomic E-state index is 11.9. The van der Waals surface area contributed by atoms with Crippen molar-refractivity contribution < 1.29 is 9.90 Å². The van der Waals surface area contributed by atoms with Gasteiger partial charge in [0.2, 0.25) is 5.91 Å². The Morgan fingerprint density at radius 3 is 2.87 bits per heavy atom. The van der Waals surface area contributed by atoms with E-state index in [0.717, 1.165) is 25.7 Å². The lowest BCUT2D eigenvalue weighted by Gasteiger charge is -2.21. The van der Waals surface area contributed by atoms with Crippen LogP contribution in [0, 0.1) is 11.8 Å². The number of hydrogen-bond donors (Lipinski definition) is 3. The van der Waals surface area contributed by atoms with E-state index in [1.165, 1.54) is 0 Å². The van der Waals surface area contributed by atoms with Crippen molar-refractivity contribution in [3.05, 3.63) is 0 Å². The predicted molar refractivity (Wildman–Crippen MR) is 59.2 cm³/mol. The average molecular weight is 214 g/mol. The highest BCUT2D eigenvalue weighted by Gasteiger charge is 2.32. The van der Waals surface area contributed by atoms with Crippen LogP contribution in [0.4, 0.5) is 0 Å². The molecule has 0 heterocycles. The van der Waals surface area contributed by atoms with Crippen molar-refractivity contribution in [1.29, 1.82) is 0 Å². The molecule has 1 fully saturated rings. The quantitative estimate of drug-likeness (QED) is 0.614. The second-order valence-corrected chi connectivity index (χ2v) is 4.33. The number of carbonyl (C=O) groups is 1. The van der Waals surface area contributed by atoms with Gasteiger partial charge in [0, 0.05) is 5.92 Å². The number of nitrogens with two attached hydrogens (primary N) is 1. The predicted octanol–water partition coefficient (Wildman–Crippen LogP) is 0.249. The zero-order valence-electron chi connectivity index (χ0n) is 9.41. The van der Waals surface area contributed by atoms with Gasteiger partial charge in [0.15, 0.2) is 0 Å². The minimum Gasteiger partial charge on any atom is -0.394 e. The molecule has 3 atom stereocenters. The molecule has 1 saturated carbocycles. The number of amides is 1. The summed E-state index contributed by atoms with van der Waals surface area (Å²) in [5.41, 5.74) is 5.63. The molecule has 0 aromatic rings. The van der Waals surface area contributed by atoms with Crippen LogP contribution in [0.15, 0.2) is 0 Å². The Balaban J connectivity index is 2.45. The van der Waals surface area contributed by atoms with Crippen molar-refractivity contribution >= 4 is 5.91 Å². The third-order valence-corrected chi connectivity index (χ3v) is 3.36. The van der Waals surface area contributed by atoms with Crippen LogP contribution >= 0.6 is 0 Å². The van der Waals surface area contributed by atoms with Crippen LogP contribution in [0.1, 0.15) is 32.6 Å². The minimum atomic E-state index is -0.100. The number of aliphatic hydroxyl groups is 1. The van der Waals surface area contributed by atoms with Crippen molar-refractivity contribution in [3.8, 4) is 0 Å². The molecular formula is C11H22N2O2. The molecule has 0 saturated heterocycles. The number of hydrogen-bond acceptors (Lipinski definition) is 3. The molecule has 2 unspecified atom stereocenters. The van der Waals surface area contributed by atoms with Gasteiger partial charge in [0.25, 0.3) is 0 Å². The first kappa shape index (κ1) is 12.5. The van der Waals surface area contributed by atoms with E-state index < -0.39 is 0 Å². The normalized spacial score (nSPS) is 27.7. The van der Waals surface area contributed by atoms with Crippen molar-refractivity contribution in [1.82, 2.24) is 5.32 Å². The molecule has 1 rings (SSSR count). The summed E-state index contributed by atoms with van der Waals surface area (Å²) >= 11 is 0. The van der Waals surface area contributed by atoms with Crippen LogP contribution < -0.4 is 11.1 Å². The maximum Gasteiger partial charge on any atom is 0.223 e. The van der Waals surface area contributed by atoms with Gasteiger partial charge < -0.3 is 16.2 Å². The zero-order chi connectivity index (χ0) is 11.3. The molecule has 0 radical (unpaired) electrons. The number of nitrogens with one attached hydrogen (secondary N) is 1. The molecule has 1 amide bonds. The molecule has 0 aromatic carbocycles. The fraction of sp³-hybridized carbons (Fsp3) is 0.909. The highest BCUT2D eigenvalue weighted by Crippen LogP contribution is 2.31. The molecule has 1 aliphatic carbocycles. The van der Waals surface area contributed by atoms with E-state index in [-0.39, 0.29) is 24.5 Å². The van der Waals surface area contributed by atoms with E-state index in [9.17, 15) is 4.79 Å². The van der Waals surface area contributed by atoms with E-state index in [2.05, 4.69) is 5.32 Å². The first-order chi connectivity index (χ1) is 7.22. The Hall–Kier alpha value is -0.610. The van der Waals surface area contributed by atoms with Gasteiger partial charge >= 0.3 is 0 Å². The Bertz CT molecular complexity index is 205. The summed E-state index contributed by atoms with van der Waals surface area (Å²) in [7, 11) is 0. The summed E-state index contributed by atoms with van der Waals surface area (Å²) in [5, 5.41) is 11.9. The van der Waals surface area contributed by atoms with E-state index >= 15 is 0 Å². The molecule has 88 valence electrons. The number of rotatable bonds is 5. The summed E-state index contributed by atoms with van der Waals surface area (Å²) in [6, 6.07) is -0.100. The molecule has 0 aliphatic heterocycles. The van der Waals surface area contributed by atoms with E-state index in [4.69, 9.17) is 10.8 Å². The van der Waals surface area contributed by atoms with Gasteiger partial charge in [-0.25, -0.2) is 0 Å². The van der Waals surface area contributed by atoms with Crippen LogP contribution in [0.25, 0.3) is 0 Å². The molecule has 4 heteroatoms. The molecule has 4 nitrogen and oxygen atoms in total. The molecule has 0 spiro atoms. The van der Waals surface area contributed by atoms with Gasteiger partial charge in [-0.1, -0.05) is 13.3 Å². The maximum atomic E-state index is 11.9. The molecule has 0 aromatic heterocycles. The van der Waals surface area contributed by atoms with E-state index in [1.807, 2.05) is 6.92 Å². The summed E-state index contributed by atoms with van der Waals surface area (Å²) in [5.74, 6) is 0.473. The number of aliphatic hydroxyl groups excluding tert-OH is 1. The SMILES string of the molecule is CC[C@@H](CO)NC(=O)C1CCCC1CN. The van der Waals surface area contributed by atoms with Crippen LogP contribution in [0.3, 0.4) is 0 Å². The summed E-state index contributed by atoms with van der Waals surface area (Å²) in [4.78, 5) is 11.9. The molecular weight excluding hydrogens is 192 g/mol. The topological polar surface area (TPSA) is 75.3 Å². The third-order valence-electron chi connectivity index (χ3n) is 3.36. The monoisotopic (exact) mass is 214 g/mol. The van der Waals surface area contributed by atoms with Crippen LogP contribution in [0.2, 0.25) is 0 Å². The zero-order valence-corrected chi connectivity index (χ0v) is 9.41. The van der Waals surface area contributed by atoms with E-state index in [0.29, 0.717) is 12.5 Å². The molecule has 1 aliphatic rings. The van der Waals surface area contributed by atoms with Gasteiger partial charge in [-0.2, -0.15) is 0 Å². The number of carbonyl (C=O) groups excluding carboxylic acids is 1. The van der Waals surface area contributed by atoms with Gasteiger partial charge in [-0.3, -0.25) is 4.79 Å². The highest BCUT2D eigenvalue weighted by atomic mass is 16.3. The van der Waals surface area contributed by atoms with Crippen molar-refractivity contribution in [3.63, 3.8) is 0 Å². The van der Waals surface area contributed by atoms with Crippen LogP contribution in [-0.2, 0) is 4.79 Å². The molecule has 4 N–H and O–H groups in total. The second kappa shape index (κ2) is 6.08.